The van der Waals surface area contributed by atoms with Gasteiger partial charge in [-0.05, 0) is 36.8 Å². The number of carbonyl (C=O) groups is 2. The van der Waals surface area contributed by atoms with Crippen LogP contribution in [0.25, 0.3) is 6.08 Å². The molecule has 0 radical (unpaired) electrons. The molecule has 1 atom stereocenters. The van der Waals surface area contributed by atoms with E-state index in [9.17, 15) is 9.59 Å². The minimum Gasteiger partial charge on any atom is -0.496 e. The van der Waals surface area contributed by atoms with Crippen LogP contribution < -0.4 is 10.1 Å². The molecular formula is C20H20ClNO4. The summed E-state index contributed by atoms with van der Waals surface area (Å²) >= 11 is 5.84. The fourth-order valence-corrected chi connectivity index (χ4v) is 2.39. The van der Waals surface area contributed by atoms with Crippen molar-refractivity contribution in [3.63, 3.8) is 0 Å². The fraction of sp³-hybridized carbons (Fsp3) is 0.200. The maximum Gasteiger partial charge on any atom is 0.331 e. The van der Waals surface area contributed by atoms with E-state index in [-0.39, 0.29) is 18.6 Å². The number of carbonyl (C=O) groups excluding carboxylic acids is 2. The van der Waals surface area contributed by atoms with Gasteiger partial charge in [-0.1, -0.05) is 41.9 Å². The zero-order chi connectivity index (χ0) is 18.9. The number of benzene rings is 2. The standard InChI is InChI=1S/C20H20ClNO4/c1-14(15-7-10-17(21)11-8-15)22-19(23)13-26-20(24)12-9-16-5-3-4-6-18(16)25-2/h3-12,14H,13H2,1-2H3,(H,22,23)/b12-9+. The van der Waals surface area contributed by atoms with Gasteiger partial charge >= 0.3 is 5.97 Å². The van der Waals surface area contributed by atoms with Gasteiger partial charge in [0.2, 0.25) is 0 Å². The molecule has 2 aromatic rings. The number of ether oxygens (including phenoxy) is 2. The second-order valence-electron chi connectivity index (χ2n) is 5.52. The Kier molecular flexibility index (Phi) is 7.24. The van der Waals surface area contributed by atoms with Gasteiger partial charge in [-0.3, -0.25) is 4.79 Å². The van der Waals surface area contributed by atoms with Crippen LogP contribution in [0.5, 0.6) is 5.75 Å². The van der Waals surface area contributed by atoms with E-state index in [1.807, 2.05) is 37.3 Å². The number of esters is 1. The van der Waals surface area contributed by atoms with E-state index >= 15 is 0 Å². The second kappa shape index (κ2) is 9.63. The third kappa shape index (κ3) is 5.93. The van der Waals surface area contributed by atoms with E-state index in [0.717, 1.165) is 11.1 Å². The van der Waals surface area contributed by atoms with Crippen LogP contribution in [0.1, 0.15) is 24.1 Å². The molecule has 26 heavy (non-hydrogen) atoms. The van der Waals surface area contributed by atoms with Crippen LogP contribution in [0.15, 0.2) is 54.6 Å². The third-order valence-corrected chi connectivity index (χ3v) is 3.88. The number of halogens is 1. The molecule has 0 aliphatic heterocycles. The zero-order valence-electron chi connectivity index (χ0n) is 14.6. The number of methoxy groups -OCH3 is 1. The van der Waals surface area contributed by atoms with E-state index in [1.54, 1.807) is 31.4 Å². The molecule has 2 rings (SSSR count). The highest BCUT2D eigenvalue weighted by atomic mass is 35.5. The first-order valence-corrected chi connectivity index (χ1v) is 8.40. The molecule has 0 bridgehead atoms. The highest BCUT2D eigenvalue weighted by molar-refractivity contribution is 6.30. The van der Waals surface area contributed by atoms with Gasteiger partial charge in [-0.2, -0.15) is 0 Å². The Morgan fingerprint density at radius 1 is 1.15 bits per heavy atom. The van der Waals surface area contributed by atoms with Crippen LogP contribution in [-0.4, -0.2) is 25.6 Å². The molecule has 0 spiro atoms. The quantitative estimate of drug-likeness (QED) is 0.592. The fourth-order valence-electron chi connectivity index (χ4n) is 2.26. The van der Waals surface area contributed by atoms with Crippen LogP contribution >= 0.6 is 11.6 Å². The lowest BCUT2D eigenvalue weighted by Crippen LogP contribution is -2.30. The van der Waals surface area contributed by atoms with Gasteiger partial charge in [0.05, 0.1) is 13.2 Å². The normalized spacial score (nSPS) is 11.8. The second-order valence-corrected chi connectivity index (χ2v) is 5.96. The van der Waals surface area contributed by atoms with E-state index < -0.39 is 5.97 Å². The summed E-state index contributed by atoms with van der Waals surface area (Å²) in [5, 5.41) is 3.39. The molecule has 136 valence electrons. The predicted molar refractivity (Wildman–Crippen MR) is 101 cm³/mol. The van der Waals surface area contributed by atoms with Crippen molar-refractivity contribution in [2.45, 2.75) is 13.0 Å². The third-order valence-electron chi connectivity index (χ3n) is 3.63. The van der Waals surface area contributed by atoms with Crippen molar-refractivity contribution in [2.24, 2.45) is 0 Å². The molecule has 0 aromatic heterocycles. The van der Waals surface area contributed by atoms with E-state index in [2.05, 4.69) is 5.32 Å². The molecule has 0 heterocycles. The summed E-state index contributed by atoms with van der Waals surface area (Å²) in [6.45, 7) is 1.48. The molecule has 1 amide bonds. The summed E-state index contributed by atoms with van der Waals surface area (Å²) in [5.41, 5.74) is 1.65. The lowest BCUT2D eigenvalue weighted by Gasteiger charge is -2.14. The van der Waals surface area contributed by atoms with Crippen molar-refractivity contribution >= 4 is 29.6 Å². The van der Waals surface area contributed by atoms with Crippen molar-refractivity contribution in [3.8, 4) is 5.75 Å². The van der Waals surface area contributed by atoms with E-state index in [4.69, 9.17) is 21.1 Å². The summed E-state index contributed by atoms with van der Waals surface area (Å²) in [6.07, 6.45) is 2.84. The monoisotopic (exact) mass is 373 g/mol. The Morgan fingerprint density at radius 3 is 2.54 bits per heavy atom. The summed E-state index contributed by atoms with van der Waals surface area (Å²) in [5.74, 6) is -0.345. The minimum atomic E-state index is -0.606. The Bertz CT molecular complexity index is 787. The molecule has 6 heteroatoms. The summed E-state index contributed by atoms with van der Waals surface area (Å²) in [6, 6.07) is 14.2. The number of amides is 1. The van der Waals surface area contributed by atoms with Crippen LogP contribution in [-0.2, 0) is 14.3 Å². The van der Waals surface area contributed by atoms with Crippen molar-refractivity contribution in [3.05, 3.63) is 70.8 Å². The SMILES string of the molecule is COc1ccccc1/C=C/C(=O)OCC(=O)NC(C)c1ccc(Cl)cc1. The van der Waals surface area contributed by atoms with Gasteiger partial charge < -0.3 is 14.8 Å². The van der Waals surface area contributed by atoms with Crippen LogP contribution in [0, 0.1) is 0 Å². The maximum absolute atomic E-state index is 11.9. The van der Waals surface area contributed by atoms with Gasteiger partial charge in [0.25, 0.3) is 5.91 Å². The number of rotatable bonds is 7. The van der Waals surface area contributed by atoms with E-state index in [1.165, 1.54) is 6.08 Å². The molecule has 1 unspecified atom stereocenters. The van der Waals surface area contributed by atoms with Crippen molar-refractivity contribution in [1.82, 2.24) is 5.32 Å². The first-order chi connectivity index (χ1) is 12.5. The number of nitrogens with one attached hydrogen (secondary N) is 1. The van der Waals surface area contributed by atoms with Crippen molar-refractivity contribution in [1.29, 1.82) is 0 Å². The average molecular weight is 374 g/mol. The van der Waals surface area contributed by atoms with E-state index in [0.29, 0.717) is 10.8 Å². The number of hydrogen-bond donors (Lipinski definition) is 1. The molecule has 0 saturated heterocycles. The van der Waals surface area contributed by atoms with Gasteiger partial charge in [0, 0.05) is 16.7 Å². The van der Waals surface area contributed by atoms with Crippen LogP contribution in [0.4, 0.5) is 0 Å². The summed E-state index contributed by atoms with van der Waals surface area (Å²) in [7, 11) is 1.55. The van der Waals surface area contributed by atoms with Gasteiger partial charge in [0.1, 0.15) is 5.75 Å². The Morgan fingerprint density at radius 2 is 1.85 bits per heavy atom. The summed E-state index contributed by atoms with van der Waals surface area (Å²) in [4.78, 5) is 23.7. The molecular weight excluding hydrogens is 354 g/mol. The molecule has 1 N–H and O–H groups in total. The number of hydrogen-bond acceptors (Lipinski definition) is 4. The van der Waals surface area contributed by atoms with Gasteiger partial charge in [-0.25, -0.2) is 4.79 Å². The lowest BCUT2D eigenvalue weighted by atomic mass is 10.1. The Labute approximate surface area is 157 Å². The number of para-hydroxylation sites is 1. The molecule has 2 aromatic carbocycles. The lowest BCUT2D eigenvalue weighted by molar-refractivity contribution is -0.144. The molecule has 0 aliphatic carbocycles. The maximum atomic E-state index is 11.9. The zero-order valence-corrected chi connectivity index (χ0v) is 15.3. The highest BCUT2D eigenvalue weighted by Gasteiger charge is 2.11. The first kappa shape index (κ1) is 19.5. The molecule has 0 fully saturated rings. The van der Waals surface area contributed by atoms with Crippen LogP contribution in [0.2, 0.25) is 5.02 Å². The Hall–Kier alpha value is -2.79. The topological polar surface area (TPSA) is 64.6 Å². The van der Waals surface area contributed by atoms with Crippen LogP contribution in [0.3, 0.4) is 0 Å². The predicted octanol–water partition coefficient (Wildman–Crippen LogP) is 3.78. The van der Waals surface area contributed by atoms with Gasteiger partial charge in [0.15, 0.2) is 6.61 Å². The van der Waals surface area contributed by atoms with Gasteiger partial charge in [-0.15, -0.1) is 0 Å². The van der Waals surface area contributed by atoms with Crippen molar-refractivity contribution < 1.29 is 19.1 Å². The highest BCUT2D eigenvalue weighted by Crippen LogP contribution is 2.18. The van der Waals surface area contributed by atoms with Crippen molar-refractivity contribution in [2.75, 3.05) is 13.7 Å². The first-order valence-electron chi connectivity index (χ1n) is 8.02. The average Bonchev–Trinajstić information content (AvgIpc) is 2.65. The largest absolute Gasteiger partial charge is 0.496 e. The molecule has 0 saturated carbocycles. The molecule has 0 aliphatic rings. The minimum absolute atomic E-state index is 0.220. The molecule has 5 nitrogen and oxygen atoms in total. The summed E-state index contributed by atoms with van der Waals surface area (Å²) < 4.78 is 10.1. The smallest absolute Gasteiger partial charge is 0.331 e. The Balaban J connectivity index is 1.82.